The van der Waals surface area contributed by atoms with Crippen molar-refractivity contribution in [2.24, 2.45) is 5.41 Å². The normalized spacial score (nSPS) is 18.2. The van der Waals surface area contributed by atoms with Crippen LogP contribution in [0.5, 0.6) is 5.75 Å². The molecule has 178 valence electrons. The van der Waals surface area contributed by atoms with Crippen molar-refractivity contribution >= 4 is 46.1 Å². The highest BCUT2D eigenvalue weighted by atomic mass is 35.5. The lowest BCUT2D eigenvalue weighted by Gasteiger charge is -2.53. The van der Waals surface area contributed by atoms with Crippen molar-refractivity contribution in [1.29, 1.82) is 5.26 Å². The number of halogens is 2. The van der Waals surface area contributed by atoms with Crippen molar-refractivity contribution in [2.45, 2.75) is 19.4 Å². The number of nitriles is 1. The topological polar surface area (TPSA) is 44.4 Å². The Kier molecular flexibility index (Phi) is 7.02. The number of ether oxygens (including phenoxy) is 1. The van der Waals surface area contributed by atoms with Crippen LogP contribution in [0.3, 0.4) is 0 Å². The van der Waals surface area contributed by atoms with Gasteiger partial charge in [0.05, 0.1) is 22.0 Å². The Bertz CT molecular complexity index is 1220. The maximum atomic E-state index is 9.61. The number of hydrogen-bond acceptors (Lipinski definition) is 5. The Hall–Kier alpha value is -1.88. The first kappa shape index (κ1) is 23.8. The lowest BCUT2D eigenvalue weighted by Crippen LogP contribution is -2.57. The molecule has 5 rings (SSSR count). The van der Waals surface area contributed by atoms with E-state index >= 15 is 0 Å². The van der Waals surface area contributed by atoms with Gasteiger partial charge in [-0.3, -0.25) is 4.90 Å². The van der Waals surface area contributed by atoms with Gasteiger partial charge in [0.2, 0.25) is 0 Å². The molecular weight excluding hydrogens is 487 g/mol. The molecule has 5 nitrogen and oxygen atoms in total. The predicted octanol–water partition coefficient (Wildman–Crippen LogP) is 5.95. The molecule has 8 heteroatoms. The van der Waals surface area contributed by atoms with E-state index in [1.54, 1.807) is 0 Å². The number of hydrogen-bond donors (Lipinski definition) is 0. The largest absolute Gasteiger partial charge is 0.489 e. The van der Waals surface area contributed by atoms with Crippen molar-refractivity contribution in [1.82, 2.24) is 13.8 Å². The molecule has 2 aliphatic heterocycles. The van der Waals surface area contributed by atoms with Gasteiger partial charge in [0, 0.05) is 42.3 Å². The van der Waals surface area contributed by atoms with Crippen LogP contribution in [0.15, 0.2) is 42.6 Å². The molecule has 3 heterocycles. The van der Waals surface area contributed by atoms with E-state index in [1.807, 2.05) is 30.3 Å². The fourth-order valence-electron chi connectivity index (χ4n) is 5.20. The molecule has 1 spiro atoms. The number of rotatable bonds is 7. The summed E-state index contributed by atoms with van der Waals surface area (Å²) in [5.41, 5.74) is 4.22. The summed E-state index contributed by atoms with van der Waals surface area (Å²) in [4.78, 5) is 2.59. The minimum Gasteiger partial charge on any atom is -0.489 e. The predicted molar refractivity (Wildman–Crippen MR) is 141 cm³/mol. The van der Waals surface area contributed by atoms with E-state index in [9.17, 15) is 5.26 Å². The number of benzene rings is 2. The van der Waals surface area contributed by atoms with Gasteiger partial charge in [0.15, 0.2) is 5.75 Å². The molecule has 1 aromatic heterocycles. The third kappa shape index (κ3) is 4.65. The van der Waals surface area contributed by atoms with E-state index in [1.165, 1.54) is 50.0 Å². The average molecular weight is 516 g/mol. The van der Waals surface area contributed by atoms with Crippen LogP contribution in [0.2, 0.25) is 5.02 Å². The second-order valence-electron chi connectivity index (χ2n) is 9.29. The van der Waals surface area contributed by atoms with Crippen LogP contribution in [0.4, 0.5) is 0 Å². The summed E-state index contributed by atoms with van der Waals surface area (Å²) in [5, 5.41) is 11.2. The molecular formula is C26H28Cl2N4OS. The summed E-state index contributed by atoms with van der Waals surface area (Å²) in [5.74, 6) is 0.723. The van der Waals surface area contributed by atoms with Gasteiger partial charge < -0.3 is 9.30 Å². The number of aromatic nitrogens is 1. The van der Waals surface area contributed by atoms with Crippen LogP contribution in [0.25, 0.3) is 16.6 Å². The summed E-state index contributed by atoms with van der Waals surface area (Å²) in [6, 6.07) is 14.6. The fourth-order valence-corrected chi connectivity index (χ4v) is 6.35. The maximum Gasteiger partial charge on any atom is 0.155 e. The van der Waals surface area contributed by atoms with Crippen LogP contribution >= 0.6 is 35.1 Å². The number of piperidine rings is 1. The van der Waals surface area contributed by atoms with E-state index in [4.69, 9.17) is 27.9 Å². The molecule has 0 saturated carbocycles. The number of alkyl halides is 1. The third-order valence-corrected chi connectivity index (χ3v) is 8.32. The van der Waals surface area contributed by atoms with E-state index in [-0.39, 0.29) is 0 Å². The second-order valence-corrected chi connectivity index (χ2v) is 11.0. The van der Waals surface area contributed by atoms with Gasteiger partial charge in [0.25, 0.3) is 0 Å². The first-order valence-corrected chi connectivity index (χ1v) is 13.7. The molecule has 0 aliphatic carbocycles. The van der Waals surface area contributed by atoms with Crippen molar-refractivity contribution in [2.75, 3.05) is 44.9 Å². The van der Waals surface area contributed by atoms with E-state index in [0.29, 0.717) is 34.2 Å². The van der Waals surface area contributed by atoms with Crippen LogP contribution in [-0.2, 0) is 6.54 Å². The maximum absolute atomic E-state index is 9.61. The van der Waals surface area contributed by atoms with Gasteiger partial charge in [-0.25, -0.2) is 4.31 Å². The lowest BCUT2D eigenvalue weighted by molar-refractivity contribution is 0.00430. The van der Waals surface area contributed by atoms with Crippen molar-refractivity contribution < 1.29 is 4.74 Å². The minimum absolute atomic E-state index is 0.304. The van der Waals surface area contributed by atoms with Crippen LogP contribution in [0.1, 0.15) is 24.0 Å². The fraction of sp³-hybridized carbons (Fsp3) is 0.423. The zero-order chi connectivity index (χ0) is 23.7. The van der Waals surface area contributed by atoms with Crippen molar-refractivity contribution in [3.63, 3.8) is 0 Å². The number of nitrogens with zero attached hydrogens (tertiary/aromatic N) is 4. The Balaban J connectivity index is 1.31. The molecule has 0 unspecified atom stereocenters. The zero-order valence-electron chi connectivity index (χ0n) is 19.3. The molecule has 0 radical (unpaired) electrons. The summed E-state index contributed by atoms with van der Waals surface area (Å²) in [6.07, 6.45) is 6.80. The van der Waals surface area contributed by atoms with Gasteiger partial charge in [-0.15, -0.1) is 11.6 Å². The summed E-state index contributed by atoms with van der Waals surface area (Å²) in [7, 11) is 0. The molecule has 2 aromatic carbocycles. The summed E-state index contributed by atoms with van der Waals surface area (Å²) < 4.78 is 10.1. The molecule has 0 N–H and O–H groups in total. The molecule has 2 saturated heterocycles. The van der Waals surface area contributed by atoms with Crippen molar-refractivity contribution in [3.05, 3.63) is 58.7 Å². The average Bonchev–Trinajstić information content (AvgIpc) is 3.25. The number of fused-ring (bicyclic) bond motifs is 1. The van der Waals surface area contributed by atoms with Gasteiger partial charge >= 0.3 is 0 Å². The van der Waals surface area contributed by atoms with Gasteiger partial charge in [-0.1, -0.05) is 29.6 Å². The van der Waals surface area contributed by atoms with Crippen LogP contribution in [-0.4, -0.2) is 58.7 Å². The Morgan fingerprint density at radius 3 is 2.65 bits per heavy atom. The van der Waals surface area contributed by atoms with E-state index in [2.05, 4.69) is 50.4 Å². The molecule has 2 aliphatic rings. The minimum atomic E-state index is 0.304. The first-order valence-electron chi connectivity index (χ1n) is 11.6. The van der Waals surface area contributed by atoms with Gasteiger partial charge in [-0.2, -0.15) is 5.26 Å². The Labute approximate surface area is 215 Å². The lowest BCUT2D eigenvalue weighted by atomic mass is 9.73. The third-order valence-electron chi connectivity index (χ3n) is 7.11. The molecule has 2 fully saturated rings. The molecule has 0 atom stereocenters. The van der Waals surface area contributed by atoms with Crippen LogP contribution in [0, 0.1) is 16.7 Å². The number of likely N-dealkylation sites (tertiary alicyclic amines) is 1. The molecule has 0 amide bonds. The van der Waals surface area contributed by atoms with Crippen LogP contribution < -0.4 is 4.74 Å². The van der Waals surface area contributed by atoms with E-state index < -0.39 is 0 Å². The standard InChI is InChI=1S/C26H28Cl2N4OS/c1-34-31-17-26(18-31)5-9-30(10-6-26)16-19-2-3-24-20(12-19)4-8-32(24)22-13-21(15-29)25(23(28)14-22)33-11-7-27/h2-4,8,12-14H,5-7,9-11,16-18H2,1H3. The Morgan fingerprint density at radius 1 is 1.15 bits per heavy atom. The second kappa shape index (κ2) is 10.0. The highest BCUT2D eigenvalue weighted by Crippen LogP contribution is 2.43. The molecule has 34 heavy (non-hydrogen) atoms. The van der Waals surface area contributed by atoms with Crippen molar-refractivity contribution in [3.8, 4) is 17.5 Å². The highest BCUT2D eigenvalue weighted by Gasteiger charge is 2.44. The van der Waals surface area contributed by atoms with Gasteiger partial charge in [-0.05, 0) is 68.1 Å². The smallest absolute Gasteiger partial charge is 0.155 e. The monoisotopic (exact) mass is 514 g/mol. The SMILES string of the molecule is CSN1CC2(CCN(Cc3ccc4c(ccn4-c4cc(Cl)c(OCCCl)c(C#N)c4)c3)CC2)C1. The molecule has 3 aromatic rings. The van der Waals surface area contributed by atoms with E-state index in [0.717, 1.165) is 17.7 Å². The Morgan fingerprint density at radius 2 is 1.94 bits per heavy atom. The molecule has 0 bridgehead atoms. The highest BCUT2D eigenvalue weighted by molar-refractivity contribution is 7.96. The van der Waals surface area contributed by atoms with Gasteiger partial charge in [0.1, 0.15) is 12.7 Å². The zero-order valence-corrected chi connectivity index (χ0v) is 21.6. The first-order chi connectivity index (χ1) is 16.5. The summed E-state index contributed by atoms with van der Waals surface area (Å²) >= 11 is 14.1. The summed E-state index contributed by atoms with van der Waals surface area (Å²) in [6.45, 7) is 6.14. The quantitative estimate of drug-likeness (QED) is 0.288.